The lowest BCUT2D eigenvalue weighted by molar-refractivity contribution is 0.305. The van der Waals surface area contributed by atoms with E-state index in [1.165, 1.54) is 24.8 Å². The predicted octanol–water partition coefficient (Wildman–Crippen LogP) is 5.91. The molecule has 1 N–H and O–H groups in total. The van der Waals surface area contributed by atoms with Crippen molar-refractivity contribution in [2.45, 2.75) is 39.2 Å². The number of rotatable bonds is 9. The molecule has 118 valence electrons. The molecule has 0 saturated heterocycles. The first-order valence-corrected chi connectivity index (χ1v) is 8.37. The summed E-state index contributed by atoms with van der Waals surface area (Å²) in [5.74, 6) is 0.938. The standard InChI is InChI=1S/C19H24ClNO/c1-2-3-4-5-14-22-19-12-10-18(11-13-19)21-15-16-6-8-17(20)9-7-16/h6-13,21H,2-5,14-15H2,1H3. The van der Waals surface area contributed by atoms with Crippen LogP contribution in [0.5, 0.6) is 5.75 Å². The van der Waals surface area contributed by atoms with Crippen LogP contribution in [0.4, 0.5) is 5.69 Å². The van der Waals surface area contributed by atoms with Gasteiger partial charge in [0.25, 0.3) is 0 Å². The van der Waals surface area contributed by atoms with Crippen molar-refractivity contribution < 1.29 is 4.74 Å². The van der Waals surface area contributed by atoms with Gasteiger partial charge in [-0.1, -0.05) is 49.9 Å². The zero-order valence-corrected chi connectivity index (χ0v) is 13.9. The fourth-order valence-electron chi connectivity index (χ4n) is 2.19. The molecule has 2 nitrogen and oxygen atoms in total. The van der Waals surface area contributed by atoms with Crippen LogP contribution in [0.15, 0.2) is 48.5 Å². The molecule has 0 amide bonds. The molecule has 3 heteroatoms. The van der Waals surface area contributed by atoms with Gasteiger partial charge in [-0.05, 0) is 48.4 Å². The molecule has 2 rings (SSSR count). The fraction of sp³-hybridized carbons (Fsp3) is 0.368. The number of unbranched alkanes of at least 4 members (excludes halogenated alkanes) is 3. The van der Waals surface area contributed by atoms with E-state index in [0.29, 0.717) is 0 Å². The minimum Gasteiger partial charge on any atom is -0.494 e. The summed E-state index contributed by atoms with van der Waals surface area (Å²) in [4.78, 5) is 0. The maximum Gasteiger partial charge on any atom is 0.119 e. The summed E-state index contributed by atoms with van der Waals surface area (Å²) < 4.78 is 5.74. The highest BCUT2D eigenvalue weighted by Gasteiger charge is 1.97. The van der Waals surface area contributed by atoms with E-state index in [-0.39, 0.29) is 0 Å². The second-order valence-corrected chi connectivity index (χ2v) is 5.85. The fourth-order valence-corrected chi connectivity index (χ4v) is 2.32. The number of hydrogen-bond donors (Lipinski definition) is 1. The minimum absolute atomic E-state index is 0.768. The smallest absolute Gasteiger partial charge is 0.119 e. The summed E-state index contributed by atoms with van der Waals surface area (Å²) in [6.45, 7) is 3.81. The maximum absolute atomic E-state index is 5.88. The average molecular weight is 318 g/mol. The zero-order valence-electron chi connectivity index (χ0n) is 13.1. The van der Waals surface area contributed by atoms with Crippen molar-refractivity contribution in [1.82, 2.24) is 0 Å². The number of hydrogen-bond acceptors (Lipinski definition) is 2. The first-order valence-electron chi connectivity index (χ1n) is 7.99. The molecule has 0 fully saturated rings. The van der Waals surface area contributed by atoms with Crippen molar-refractivity contribution in [2.24, 2.45) is 0 Å². The Kier molecular flexibility index (Phi) is 7.11. The Bertz CT molecular complexity index is 536. The molecule has 0 spiro atoms. The Hall–Kier alpha value is -1.67. The summed E-state index contributed by atoms with van der Waals surface area (Å²) >= 11 is 5.88. The van der Waals surface area contributed by atoms with Crippen LogP contribution >= 0.6 is 11.6 Å². The van der Waals surface area contributed by atoms with Crippen molar-refractivity contribution in [2.75, 3.05) is 11.9 Å². The van der Waals surface area contributed by atoms with Crippen LogP contribution in [0.3, 0.4) is 0 Å². The van der Waals surface area contributed by atoms with Crippen LogP contribution in [0.25, 0.3) is 0 Å². The molecule has 22 heavy (non-hydrogen) atoms. The van der Waals surface area contributed by atoms with E-state index in [1.807, 2.05) is 36.4 Å². The van der Waals surface area contributed by atoms with Gasteiger partial charge in [0, 0.05) is 17.3 Å². The highest BCUT2D eigenvalue weighted by atomic mass is 35.5. The van der Waals surface area contributed by atoms with Crippen molar-refractivity contribution in [3.8, 4) is 5.75 Å². The topological polar surface area (TPSA) is 21.3 Å². The molecule has 0 aliphatic heterocycles. The molecule has 0 aliphatic rings. The summed E-state index contributed by atoms with van der Waals surface area (Å²) in [5, 5.41) is 4.16. The second kappa shape index (κ2) is 9.37. The predicted molar refractivity (Wildman–Crippen MR) is 94.9 cm³/mol. The Morgan fingerprint density at radius 3 is 2.32 bits per heavy atom. The van der Waals surface area contributed by atoms with E-state index in [2.05, 4.69) is 24.4 Å². The van der Waals surface area contributed by atoms with Crippen molar-refractivity contribution in [3.05, 3.63) is 59.1 Å². The Morgan fingerprint density at radius 1 is 0.909 bits per heavy atom. The van der Waals surface area contributed by atoms with Gasteiger partial charge in [0.15, 0.2) is 0 Å². The Balaban J connectivity index is 1.73. The monoisotopic (exact) mass is 317 g/mol. The van der Waals surface area contributed by atoms with Gasteiger partial charge in [-0.15, -0.1) is 0 Å². The lowest BCUT2D eigenvalue weighted by atomic mass is 10.2. The third kappa shape index (κ3) is 5.98. The largest absolute Gasteiger partial charge is 0.494 e. The minimum atomic E-state index is 0.768. The van der Waals surface area contributed by atoms with Crippen LogP contribution in [0.2, 0.25) is 5.02 Å². The second-order valence-electron chi connectivity index (χ2n) is 5.41. The van der Waals surface area contributed by atoms with Gasteiger partial charge in [0.1, 0.15) is 5.75 Å². The quantitative estimate of drug-likeness (QED) is 0.580. The third-order valence-electron chi connectivity index (χ3n) is 3.53. The molecule has 0 saturated carbocycles. The number of benzene rings is 2. The number of anilines is 1. The van der Waals surface area contributed by atoms with Gasteiger partial charge in [-0.3, -0.25) is 0 Å². The third-order valence-corrected chi connectivity index (χ3v) is 3.78. The van der Waals surface area contributed by atoms with E-state index in [9.17, 15) is 0 Å². The van der Waals surface area contributed by atoms with Crippen LogP contribution in [-0.4, -0.2) is 6.61 Å². The lowest BCUT2D eigenvalue weighted by Gasteiger charge is -2.09. The molecule has 0 radical (unpaired) electrons. The van der Waals surface area contributed by atoms with E-state index in [0.717, 1.165) is 36.0 Å². The molecule has 0 atom stereocenters. The van der Waals surface area contributed by atoms with E-state index in [1.54, 1.807) is 0 Å². The molecule has 0 aromatic heterocycles. The first-order chi connectivity index (χ1) is 10.8. The molecule has 0 unspecified atom stereocenters. The summed E-state index contributed by atoms with van der Waals surface area (Å²) in [7, 11) is 0. The van der Waals surface area contributed by atoms with Gasteiger partial charge in [-0.25, -0.2) is 0 Å². The van der Waals surface area contributed by atoms with Gasteiger partial charge in [0.2, 0.25) is 0 Å². The summed E-state index contributed by atoms with van der Waals surface area (Å²) in [5.41, 5.74) is 2.30. The summed E-state index contributed by atoms with van der Waals surface area (Å²) in [6, 6.07) is 16.0. The van der Waals surface area contributed by atoms with Crippen LogP contribution in [0, 0.1) is 0 Å². The molecule has 2 aromatic rings. The number of nitrogens with one attached hydrogen (secondary N) is 1. The van der Waals surface area contributed by atoms with Gasteiger partial charge < -0.3 is 10.1 Å². The highest BCUT2D eigenvalue weighted by molar-refractivity contribution is 6.30. The highest BCUT2D eigenvalue weighted by Crippen LogP contribution is 2.17. The van der Waals surface area contributed by atoms with Gasteiger partial charge >= 0.3 is 0 Å². The molecular weight excluding hydrogens is 294 g/mol. The van der Waals surface area contributed by atoms with Crippen molar-refractivity contribution >= 4 is 17.3 Å². The first kappa shape index (κ1) is 16.7. The molecule has 0 heterocycles. The van der Waals surface area contributed by atoms with E-state index < -0.39 is 0 Å². The lowest BCUT2D eigenvalue weighted by Crippen LogP contribution is -2.00. The van der Waals surface area contributed by atoms with E-state index >= 15 is 0 Å². The summed E-state index contributed by atoms with van der Waals surface area (Å²) in [6.07, 6.45) is 4.92. The molecule has 0 aliphatic carbocycles. The number of ether oxygens (including phenoxy) is 1. The van der Waals surface area contributed by atoms with Gasteiger partial charge in [0.05, 0.1) is 6.61 Å². The van der Waals surface area contributed by atoms with Crippen molar-refractivity contribution in [3.63, 3.8) is 0 Å². The molecule has 2 aromatic carbocycles. The van der Waals surface area contributed by atoms with Crippen LogP contribution in [0.1, 0.15) is 38.2 Å². The normalized spacial score (nSPS) is 10.5. The SMILES string of the molecule is CCCCCCOc1ccc(NCc2ccc(Cl)cc2)cc1. The van der Waals surface area contributed by atoms with Gasteiger partial charge in [-0.2, -0.15) is 0 Å². The van der Waals surface area contributed by atoms with E-state index in [4.69, 9.17) is 16.3 Å². The molecule has 0 bridgehead atoms. The van der Waals surface area contributed by atoms with Crippen LogP contribution in [-0.2, 0) is 6.54 Å². The average Bonchev–Trinajstić information content (AvgIpc) is 2.55. The van der Waals surface area contributed by atoms with Crippen LogP contribution < -0.4 is 10.1 Å². The Morgan fingerprint density at radius 2 is 1.64 bits per heavy atom. The zero-order chi connectivity index (χ0) is 15.6. The molecular formula is C19H24ClNO. The maximum atomic E-state index is 5.88. The van der Waals surface area contributed by atoms with Crippen molar-refractivity contribution in [1.29, 1.82) is 0 Å². The Labute approximate surface area is 138 Å². The number of halogens is 1.